The summed E-state index contributed by atoms with van der Waals surface area (Å²) >= 11 is 0. The molecule has 2 heterocycles. The first-order chi connectivity index (χ1) is 13.0. The van der Waals surface area contributed by atoms with Crippen molar-refractivity contribution in [1.29, 1.82) is 0 Å². The molecule has 0 bridgehead atoms. The number of aromatic nitrogens is 4. The number of quaternary nitrogens is 1. The van der Waals surface area contributed by atoms with E-state index in [1.54, 1.807) is 13.4 Å². The number of halogens is 1. The lowest BCUT2D eigenvalue weighted by Crippen LogP contribution is -3.10. The van der Waals surface area contributed by atoms with E-state index in [1.165, 1.54) is 22.1 Å². The lowest BCUT2D eigenvalue weighted by molar-refractivity contribution is -0.908. The molecule has 1 aromatic carbocycles. The normalized spacial score (nSPS) is 11.9. The Labute approximate surface area is 174 Å². The Morgan fingerprint density at radius 3 is 2.54 bits per heavy atom. The molecule has 0 saturated carbocycles. The number of benzene rings is 1. The van der Waals surface area contributed by atoms with Crippen molar-refractivity contribution in [2.24, 2.45) is 14.1 Å². The van der Waals surface area contributed by atoms with Crippen LogP contribution in [0.15, 0.2) is 58.9 Å². The number of hydrogen-bond acceptors (Lipinski definition) is 3. The number of aryl methyl sites for hydroxylation is 2. The number of nitrogens with one attached hydrogen (secondary N) is 1. The number of hydrogen-bond donors (Lipinski definition) is 1. The molecule has 0 radical (unpaired) electrons. The fourth-order valence-corrected chi connectivity index (χ4v) is 3.42. The van der Waals surface area contributed by atoms with Gasteiger partial charge in [0.25, 0.3) is 5.56 Å². The van der Waals surface area contributed by atoms with Crippen molar-refractivity contribution in [2.75, 3.05) is 13.1 Å². The minimum atomic E-state index is -0.359. The Morgan fingerprint density at radius 1 is 1.14 bits per heavy atom. The molecule has 1 unspecified atom stereocenters. The lowest BCUT2D eigenvalue weighted by atomic mass is 10.2. The highest BCUT2D eigenvalue weighted by molar-refractivity contribution is 5.69. The summed E-state index contributed by atoms with van der Waals surface area (Å²) in [4.78, 5) is 30.2. The molecule has 0 aliphatic rings. The molecule has 1 atom stereocenters. The average molecular weight is 448 g/mol. The molecular weight excluding hydrogens is 422 g/mol. The third-order valence-electron chi connectivity index (χ3n) is 4.88. The van der Waals surface area contributed by atoms with Gasteiger partial charge >= 0.3 is 5.69 Å². The molecule has 8 heteroatoms. The first-order valence-corrected chi connectivity index (χ1v) is 9.12. The summed E-state index contributed by atoms with van der Waals surface area (Å²) in [5.41, 5.74) is 1.55. The minimum absolute atomic E-state index is 0. The summed E-state index contributed by atoms with van der Waals surface area (Å²) < 4.78 is 4.40. The molecule has 3 aromatic rings. The number of rotatable bonds is 8. The number of nitrogens with zero attached hydrogens (tertiary/aromatic N) is 4. The van der Waals surface area contributed by atoms with Gasteiger partial charge in [0.05, 0.1) is 19.4 Å². The molecule has 1 N–H and O–H groups in total. The van der Waals surface area contributed by atoms with Crippen LogP contribution in [0.1, 0.15) is 12.0 Å². The topological polar surface area (TPSA) is 66.3 Å². The van der Waals surface area contributed by atoms with E-state index in [1.807, 2.05) is 16.7 Å². The molecule has 0 aliphatic carbocycles. The molecule has 0 aliphatic heterocycles. The van der Waals surface area contributed by atoms with Gasteiger partial charge in [-0.1, -0.05) is 36.9 Å². The quantitative estimate of drug-likeness (QED) is 0.376. The van der Waals surface area contributed by atoms with Gasteiger partial charge in [-0.05, 0) is 6.08 Å². The van der Waals surface area contributed by atoms with Crippen LogP contribution >= 0.6 is 0 Å². The van der Waals surface area contributed by atoms with E-state index in [0.717, 1.165) is 30.6 Å². The van der Waals surface area contributed by atoms with Gasteiger partial charge in [0, 0.05) is 32.6 Å². The van der Waals surface area contributed by atoms with Crippen LogP contribution < -0.4 is 33.1 Å². The Kier molecular flexibility index (Phi) is 7.53. The van der Waals surface area contributed by atoms with E-state index in [-0.39, 0.29) is 28.2 Å². The fraction of sp³-hybridized carbons (Fsp3) is 0.350. The lowest BCUT2D eigenvalue weighted by Gasteiger charge is -2.18. The Balaban J connectivity index is 0.00000280. The molecule has 28 heavy (non-hydrogen) atoms. The second-order valence-electron chi connectivity index (χ2n) is 6.82. The van der Waals surface area contributed by atoms with Gasteiger partial charge in [-0.3, -0.25) is 13.9 Å². The maximum atomic E-state index is 12.5. The zero-order chi connectivity index (χ0) is 19.4. The molecule has 0 spiro atoms. The van der Waals surface area contributed by atoms with Gasteiger partial charge in [-0.15, -0.1) is 0 Å². The molecule has 0 fully saturated rings. The van der Waals surface area contributed by atoms with Crippen LogP contribution in [0.2, 0.25) is 0 Å². The van der Waals surface area contributed by atoms with Crippen LogP contribution in [0.25, 0.3) is 11.2 Å². The second kappa shape index (κ2) is 9.66. The maximum absolute atomic E-state index is 12.5. The highest BCUT2D eigenvalue weighted by Gasteiger charge is 2.15. The van der Waals surface area contributed by atoms with E-state index in [2.05, 4.69) is 35.8 Å². The van der Waals surface area contributed by atoms with Crippen LogP contribution in [-0.2, 0) is 27.2 Å². The van der Waals surface area contributed by atoms with Crippen molar-refractivity contribution in [2.45, 2.75) is 19.5 Å². The summed E-state index contributed by atoms with van der Waals surface area (Å²) in [6.45, 7) is 7.32. The van der Waals surface area contributed by atoms with Crippen molar-refractivity contribution in [3.05, 3.63) is 75.7 Å². The van der Waals surface area contributed by atoms with Gasteiger partial charge in [0.15, 0.2) is 11.2 Å². The van der Waals surface area contributed by atoms with Gasteiger partial charge < -0.3 is 26.4 Å². The SMILES string of the molecule is C=CC[NH+](CCCn1cnc2c1c(=O)n(C)c(=O)n2C)Cc1ccccc1.[Br-]. The molecule has 3 rings (SSSR count). The molecule has 2 aromatic heterocycles. The van der Waals surface area contributed by atoms with Crippen LogP contribution in [-0.4, -0.2) is 31.8 Å². The van der Waals surface area contributed by atoms with Crippen LogP contribution in [0.4, 0.5) is 0 Å². The van der Waals surface area contributed by atoms with Gasteiger partial charge in [0.1, 0.15) is 6.54 Å². The summed E-state index contributed by atoms with van der Waals surface area (Å²) in [7, 11) is 3.13. The van der Waals surface area contributed by atoms with Crippen LogP contribution in [0.5, 0.6) is 0 Å². The monoisotopic (exact) mass is 447 g/mol. The van der Waals surface area contributed by atoms with Gasteiger partial charge in [-0.2, -0.15) is 0 Å². The van der Waals surface area contributed by atoms with Gasteiger partial charge in [0.2, 0.25) is 0 Å². The molecule has 0 saturated heterocycles. The standard InChI is InChI=1S/C20H25N5O2.BrH/c1-4-11-24(14-16-9-6-5-7-10-16)12-8-13-25-15-21-18-17(25)19(26)23(3)20(27)22(18)2;/h4-7,9-10,15H,1,8,11-14H2,2-3H3;1H. The zero-order valence-corrected chi connectivity index (χ0v) is 17.9. The van der Waals surface area contributed by atoms with E-state index >= 15 is 0 Å². The molecule has 0 amide bonds. The number of imidazole rings is 1. The van der Waals surface area contributed by atoms with E-state index in [4.69, 9.17) is 0 Å². The van der Waals surface area contributed by atoms with Crippen LogP contribution in [0, 0.1) is 0 Å². The van der Waals surface area contributed by atoms with E-state index in [9.17, 15) is 9.59 Å². The highest BCUT2D eigenvalue weighted by atomic mass is 79.9. The summed E-state index contributed by atoms with van der Waals surface area (Å²) in [6, 6.07) is 10.4. The molecule has 150 valence electrons. The Bertz CT molecular complexity index is 1050. The second-order valence-corrected chi connectivity index (χ2v) is 6.82. The Morgan fingerprint density at radius 2 is 1.86 bits per heavy atom. The van der Waals surface area contributed by atoms with Crippen molar-refractivity contribution in [1.82, 2.24) is 18.7 Å². The Hall–Kier alpha value is -2.45. The van der Waals surface area contributed by atoms with E-state index < -0.39 is 0 Å². The third kappa shape index (κ3) is 4.51. The first kappa shape index (κ1) is 21.8. The van der Waals surface area contributed by atoms with Crippen molar-refractivity contribution in [3.8, 4) is 0 Å². The zero-order valence-electron chi connectivity index (χ0n) is 16.3. The first-order valence-electron chi connectivity index (χ1n) is 9.12. The summed E-state index contributed by atoms with van der Waals surface area (Å²) in [5.74, 6) is 0. The summed E-state index contributed by atoms with van der Waals surface area (Å²) in [5, 5.41) is 0. The largest absolute Gasteiger partial charge is 1.00 e. The maximum Gasteiger partial charge on any atom is 0.332 e. The average Bonchev–Trinajstić information content (AvgIpc) is 3.10. The van der Waals surface area contributed by atoms with Crippen molar-refractivity contribution in [3.63, 3.8) is 0 Å². The van der Waals surface area contributed by atoms with Crippen molar-refractivity contribution < 1.29 is 21.9 Å². The van der Waals surface area contributed by atoms with Crippen LogP contribution in [0.3, 0.4) is 0 Å². The summed E-state index contributed by atoms with van der Waals surface area (Å²) in [6.07, 6.45) is 4.49. The smallest absolute Gasteiger partial charge is 0.332 e. The predicted molar refractivity (Wildman–Crippen MR) is 106 cm³/mol. The van der Waals surface area contributed by atoms with Gasteiger partial charge in [-0.25, -0.2) is 9.78 Å². The third-order valence-corrected chi connectivity index (χ3v) is 4.88. The highest BCUT2D eigenvalue weighted by Crippen LogP contribution is 2.05. The molecule has 7 nitrogen and oxygen atoms in total. The minimum Gasteiger partial charge on any atom is -1.00 e. The van der Waals surface area contributed by atoms with E-state index in [0.29, 0.717) is 17.7 Å². The predicted octanol–water partition coefficient (Wildman–Crippen LogP) is -2.90. The molecular formula is C20H26BrN5O2. The number of fused-ring (bicyclic) bond motifs is 1. The fourth-order valence-electron chi connectivity index (χ4n) is 3.42. The van der Waals surface area contributed by atoms with Crippen molar-refractivity contribution >= 4 is 11.2 Å².